The first-order chi connectivity index (χ1) is 12.1. The van der Waals surface area contributed by atoms with Crippen molar-refractivity contribution in [2.45, 2.75) is 38.0 Å². The lowest BCUT2D eigenvalue weighted by Gasteiger charge is -2.27. The molecule has 2 N–H and O–H groups in total. The molecule has 0 spiro atoms. The minimum Gasteiger partial charge on any atom is -0.393 e. The van der Waals surface area contributed by atoms with E-state index < -0.39 is 0 Å². The van der Waals surface area contributed by atoms with Crippen LogP contribution < -0.4 is 5.32 Å². The molecule has 0 unspecified atom stereocenters. The Balaban J connectivity index is 1.65. The molecule has 3 atom stereocenters. The summed E-state index contributed by atoms with van der Waals surface area (Å²) in [6.07, 6.45) is 6.19. The largest absolute Gasteiger partial charge is 0.393 e. The van der Waals surface area contributed by atoms with Gasteiger partial charge in [0.2, 0.25) is 0 Å². The van der Waals surface area contributed by atoms with E-state index in [1.54, 1.807) is 18.1 Å². The van der Waals surface area contributed by atoms with E-state index in [0.717, 1.165) is 24.8 Å². The van der Waals surface area contributed by atoms with Crippen molar-refractivity contribution in [3.8, 4) is 0 Å². The first-order valence-corrected chi connectivity index (χ1v) is 8.85. The van der Waals surface area contributed by atoms with Crippen molar-refractivity contribution >= 4 is 6.03 Å². The summed E-state index contributed by atoms with van der Waals surface area (Å²) in [6, 6.07) is 11.5. The number of carbonyl (C=O) groups excluding carboxylic acids is 1. The maximum Gasteiger partial charge on any atom is 0.317 e. The summed E-state index contributed by atoms with van der Waals surface area (Å²) in [6.45, 7) is 1.15. The fourth-order valence-electron chi connectivity index (χ4n) is 3.44. The Labute approximate surface area is 148 Å². The molecule has 2 aromatic rings. The van der Waals surface area contributed by atoms with Crippen LogP contribution in [0.1, 0.15) is 30.9 Å². The zero-order valence-corrected chi connectivity index (χ0v) is 14.6. The Hall–Kier alpha value is -2.34. The van der Waals surface area contributed by atoms with Gasteiger partial charge in [-0.05, 0) is 24.5 Å². The monoisotopic (exact) mass is 342 g/mol. The van der Waals surface area contributed by atoms with Crippen LogP contribution in [0.5, 0.6) is 0 Å². The number of hydrogen-bond acceptors (Lipinski definition) is 3. The van der Waals surface area contributed by atoms with Crippen molar-refractivity contribution in [1.82, 2.24) is 20.0 Å². The van der Waals surface area contributed by atoms with E-state index in [9.17, 15) is 9.90 Å². The van der Waals surface area contributed by atoms with Crippen LogP contribution >= 0.6 is 0 Å². The van der Waals surface area contributed by atoms with Crippen LogP contribution in [0.2, 0.25) is 0 Å². The van der Waals surface area contributed by atoms with Gasteiger partial charge in [0.25, 0.3) is 0 Å². The topological polar surface area (TPSA) is 70.4 Å². The van der Waals surface area contributed by atoms with Crippen LogP contribution in [0.15, 0.2) is 48.8 Å². The zero-order valence-electron chi connectivity index (χ0n) is 14.6. The van der Waals surface area contributed by atoms with Gasteiger partial charge < -0.3 is 15.3 Å². The Morgan fingerprint density at radius 3 is 2.80 bits per heavy atom. The van der Waals surface area contributed by atoms with E-state index in [1.807, 2.05) is 47.3 Å². The van der Waals surface area contributed by atoms with Gasteiger partial charge in [0.05, 0.1) is 18.7 Å². The van der Waals surface area contributed by atoms with Crippen LogP contribution in [-0.4, -0.2) is 45.5 Å². The number of amides is 2. The normalized spacial score (nSPS) is 21.0. The number of nitrogens with one attached hydrogen (secondary N) is 1. The molecule has 2 amide bonds. The summed E-state index contributed by atoms with van der Waals surface area (Å²) >= 11 is 0. The molecule has 6 nitrogen and oxygen atoms in total. The minimum atomic E-state index is -0.288. The second kappa shape index (κ2) is 8.16. The predicted molar refractivity (Wildman–Crippen MR) is 95.9 cm³/mol. The quantitative estimate of drug-likeness (QED) is 0.847. The molecule has 1 aromatic carbocycles. The van der Waals surface area contributed by atoms with Crippen LogP contribution in [0.25, 0.3) is 0 Å². The minimum absolute atomic E-state index is 0.125. The van der Waals surface area contributed by atoms with Gasteiger partial charge in [0, 0.05) is 31.9 Å². The molecule has 1 heterocycles. The molecule has 0 saturated heterocycles. The van der Waals surface area contributed by atoms with Crippen molar-refractivity contribution < 1.29 is 9.90 Å². The molecule has 0 aliphatic heterocycles. The lowest BCUT2D eigenvalue weighted by Crippen LogP contribution is -2.43. The van der Waals surface area contributed by atoms with Gasteiger partial charge in [-0.2, -0.15) is 5.10 Å². The van der Waals surface area contributed by atoms with Gasteiger partial charge in [-0.1, -0.05) is 36.8 Å². The molecule has 1 aliphatic carbocycles. The Morgan fingerprint density at radius 1 is 1.36 bits per heavy atom. The van der Waals surface area contributed by atoms with Gasteiger partial charge in [-0.25, -0.2) is 4.79 Å². The number of hydrogen-bond donors (Lipinski definition) is 2. The van der Waals surface area contributed by atoms with Crippen molar-refractivity contribution in [1.29, 1.82) is 0 Å². The molecule has 6 heteroatoms. The highest BCUT2D eigenvalue weighted by Crippen LogP contribution is 2.26. The molecule has 0 bridgehead atoms. The van der Waals surface area contributed by atoms with E-state index in [0.29, 0.717) is 13.1 Å². The number of aromatic nitrogens is 2. The maximum absolute atomic E-state index is 12.7. The second-order valence-corrected chi connectivity index (χ2v) is 6.78. The van der Waals surface area contributed by atoms with Crippen LogP contribution in [-0.2, 0) is 6.54 Å². The highest BCUT2D eigenvalue weighted by atomic mass is 16.3. The van der Waals surface area contributed by atoms with Crippen molar-refractivity contribution in [3.05, 3.63) is 54.4 Å². The third-order valence-corrected chi connectivity index (χ3v) is 4.90. The molecular weight excluding hydrogens is 316 g/mol. The van der Waals surface area contributed by atoms with Gasteiger partial charge in [-0.15, -0.1) is 0 Å². The number of urea groups is 1. The number of nitrogens with zero attached hydrogens (tertiary/aromatic N) is 3. The van der Waals surface area contributed by atoms with Gasteiger partial charge in [-0.3, -0.25) is 4.68 Å². The zero-order chi connectivity index (χ0) is 17.6. The van der Waals surface area contributed by atoms with Crippen molar-refractivity contribution in [2.75, 3.05) is 13.6 Å². The van der Waals surface area contributed by atoms with Crippen LogP contribution in [0, 0.1) is 5.92 Å². The number of benzene rings is 1. The lowest BCUT2D eigenvalue weighted by molar-refractivity contribution is 0.113. The highest BCUT2D eigenvalue weighted by molar-refractivity contribution is 5.74. The number of carbonyl (C=O) groups is 1. The molecule has 25 heavy (non-hydrogen) atoms. The predicted octanol–water partition coefficient (Wildman–Crippen LogP) is 2.43. The van der Waals surface area contributed by atoms with E-state index in [4.69, 9.17) is 0 Å². The maximum atomic E-state index is 12.7. The summed E-state index contributed by atoms with van der Waals surface area (Å²) in [5.41, 5.74) is 1.04. The summed E-state index contributed by atoms with van der Waals surface area (Å²) < 4.78 is 1.82. The van der Waals surface area contributed by atoms with Crippen molar-refractivity contribution in [3.63, 3.8) is 0 Å². The summed E-state index contributed by atoms with van der Waals surface area (Å²) in [5.74, 6) is 0.178. The van der Waals surface area contributed by atoms with E-state index >= 15 is 0 Å². The first-order valence-electron chi connectivity index (χ1n) is 8.85. The molecule has 134 valence electrons. The standard InChI is InChI=1S/C19H26N4O2/c1-22(13-16-9-5-10-18(16)24)19(25)21-17(14-23-12-6-11-20-23)15-7-3-2-4-8-15/h2-4,6-8,11-12,16-18,24H,5,9-10,13-14H2,1H3,(H,21,25)/t16-,17-,18+/m0/s1. The average molecular weight is 342 g/mol. The Bertz CT molecular complexity index is 659. The molecule has 0 radical (unpaired) electrons. The summed E-state index contributed by atoms with van der Waals surface area (Å²) in [5, 5.41) is 17.3. The molecule has 3 rings (SSSR count). The Kier molecular flexibility index (Phi) is 5.71. The van der Waals surface area contributed by atoms with Gasteiger partial charge >= 0.3 is 6.03 Å². The second-order valence-electron chi connectivity index (χ2n) is 6.78. The highest BCUT2D eigenvalue weighted by Gasteiger charge is 2.28. The number of aliphatic hydroxyl groups is 1. The smallest absolute Gasteiger partial charge is 0.317 e. The molecule has 1 aromatic heterocycles. The van der Waals surface area contributed by atoms with Gasteiger partial charge in [0.1, 0.15) is 0 Å². The molecule has 1 saturated carbocycles. The summed E-state index contributed by atoms with van der Waals surface area (Å²) in [4.78, 5) is 14.3. The first kappa shape index (κ1) is 17.5. The Morgan fingerprint density at radius 2 is 2.16 bits per heavy atom. The third kappa shape index (κ3) is 4.60. The van der Waals surface area contributed by atoms with E-state index in [2.05, 4.69) is 10.4 Å². The van der Waals surface area contributed by atoms with E-state index in [1.165, 1.54) is 0 Å². The molecular formula is C19H26N4O2. The lowest BCUT2D eigenvalue weighted by atomic mass is 10.1. The fourth-order valence-corrected chi connectivity index (χ4v) is 3.44. The number of aliphatic hydroxyl groups excluding tert-OH is 1. The molecule has 1 aliphatic rings. The third-order valence-electron chi connectivity index (χ3n) is 4.90. The van der Waals surface area contributed by atoms with Crippen LogP contribution in [0.4, 0.5) is 4.79 Å². The summed E-state index contributed by atoms with van der Waals surface area (Å²) in [7, 11) is 1.79. The van der Waals surface area contributed by atoms with Crippen LogP contribution in [0.3, 0.4) is 0 Å². The average Bonchev–Trinajstić information content (AvgIpc) is 3.27. The number of rotatable bonds is 6. The molecule has 1 fully saturated rings. The fraction of sp³-hybridized carbons (Fsp3) is 0.474. The van der Waals surface area contributed by atoms with Crippen molar-refractivity contribution in [2.24, 2.45) is 5.92 Å². The van der Waals surface area contributed by atoms with Gasteiger partial charge in [0.15, 0.2) is 0 Å². The van der Waals surface area contributed by atoms with E-state index in [-0.39, 0.29) is 24.1 Å². The SMILES string of the molecule is CN(C[C@@H]1CCC[C@H]1O)C(=O)N[C@@H](Cn1cccn1)c1ccccc1.